The smallest absolute Gasteiger partial charge is 0.231 e. The van der Waals surface area contributed by atoms with E-state index < -0.39 is 10.0 Å². The van der Waals surface area contributed by atoms with Crippen LogP contribution in [0.3, 0.4) is 0 Å². The molecule has 0 radical (unpaired) electrons. The van der Waals surface area contributed by atoms with E-state index in [1.807, 2.05) is 60.5 Å². The molecule has 36 heavy (non-hydrogen) atoms. The Kier molecular flexibility index (Phi) is 6.16. The van der Waals surface area contributed by atoms with E-state index in [0.717, 1.165) is 41.6 Å². The maximum atomic E-state index is 11.4. The third kappa shape index (κ3) is 5.20. The summed E-state index contributed by atoms with van der Waals surface area (Å²) in [6, 6.07) is 19.4. The number of fused-ring (bicyclic) bond motifs is 1. The molecule has 0 unspecified atom stereocenters. The van der Waals surface area contributed by atoms with E-state index in [9.17, 15) is 13.7 Å². The standard InChI is InChI=1S/C26H22ClN5O3S/c1-32(20-11-18(14-28)26(22(27)13-20)35-21-8-9-21)19-6-3-16(4-7-19)17-5-10-23-24(12-17)29-15-25(30-23)31-36(2,33)34/h3-7,10-13,15,21H,8-9H2,1-2H3,(H,30,31). The highest BCUT2D eigenvalue weighted by Crippen LogP contribution is 2.39. The number of hydrogen-bond acceptors (Lipinski definition) is 7. The summed E-state index contributed by atoms with van der Waals surface area (Å²) in [7, 11) is -1.51. The van der Waals surface area contributed by atoms with Crippen LogP contribution in [0.25, 0.3) is 22.2 Å². The summed E-state index contributed by atoms with van der Waals surface area (Å²) in [6.45, 7) is 0. The Hall–Kier alpha value is -3.87. The van der Waals surface area contributed by atoms with Crippen LogP contribution in [-0.2, 0) is 10.0 Å². The molecule has 1 aliphatic carbocycles. The first-order chi connectivity index (χ1) is 17.2. The molecular weight excluding hydrogens is 498 g/mol. The number of rotatable bonds is 7. The topological polar surface area (TPSA) is 108 Å². The largest absolute Gasteiger partial charge is 0.487 e. The minimum atomic E-state index is -3.43. The Bertz CT molecular complexity index is 1610. The van der Waals surface area contributed by atoms with Gasteiger partial charge in [-0.1, -0.05) is 29.8 Å². The van der Waals surface area contributed by atoms with E-state index in [4.69, 9.17) is 16.3 Å². The molecule has 0 spiro atoms. The molecule has 1 aromatic heterocycles. The van der Waals surface area contributed by atoms with Crippen molar-refractivity contribution in [3.8, 4) is 22.9 Å². The molecule has 8 nitrogen and oxygen atoms in total. The van der Waals surface area contributed by atoms with Gasteiger partial charge < -0.3 is 9.64 Å². The van der Waals surface area contributed by atoms with Crippen LogP contribution in [0.4, 0.5) is 17.2 Å². The number of benzene rings is 3. The quantitative estimate of drug-likeness (QED) is 0.343. The van der Waals surface area contributed by atoms with Gasteiger partial charge in [0.2, 0.25) is 10.0 Å². The van der Waals surface area contributed by atoms with Gasteiger partial charge >= 0.3 is 0 Å². The van der Waals surface area contributed by atoms with Crippen molar-refractivity contribution >= 4 is 49.9 Å². The van der Waals surface area contributed by atoms with Crippen LogP contribution in [-0.4, -0.2) is 37.8 Å². The number of aromatic nitrogens is 2. The lowest BCUT2D eigenvalue weighted by Crippen LogP contribution is -2.11. The number of nitrogens with zero attached hydrogens (tertiary/aromatic N) is 4. The van der Waals surface area contributed by atoms with Gasteiger partial charge in [-0.05, 0) is 60.4 Å². The fraction of sp³-hybridized carbons (Fsp3) is 0.192. The van der Waals surface area contributed by atoms with Crippen LogP contribution in [0.2, 0.25) is 5.02 Å². The predicted octanol–water partition coefficient (Wildman–Crippen LogP) is 5.50. The zero-order valence-electron chi connectivity index (χ0n) is 19.6. The lowest BCUT2D eigenvalue weighted by atomic mass is 10.0. The highest BCUT2D eigenvalue weighted by molar-refractivity contribution is 7.92. The first-order valence-corrected chi connectivity index (χ1v) is 13.5. The van der Waals surface area contributed by atoms with Gasteiger partial charge in [0.25, 0.3) is 0 Å². The van der Waals surface area contributed by atoms with E-state index in [1.54, 1.807) is 6.07 Å². The summed E-state index contributed by atoms with van der Waals surface area (Å²) in [5.41, 5.74) is 5.30. The fourth-order valence-electron chi connectivity index (χ4n) is 3.78. The highest BCUT2D eigenvalue weighted by atomic mass is 35.5. The van der Waals surface area contributed by atoms with Gasteiger partial charge in [-0.3, -0.25) is 9.71 Å². The zero-order valence-corrected chi connectivity index (χ0v) is 21.1. The molecule has 4 aromatic rings. The molecule has 10 heteroatoms. The molecule has 3 aromatic carbocycles. The molecule has 1 heterocycles. The average molecular weight is 520 g/mol. The highest BCUT2D eigenvalue weighted by Gasteiger charge is 2.26. The fourth-order valence-corrected chi connectivity index (χ4v) is 4.52. The monoisotopic (exact) mass is 519 g/mol. The van der Waals surface area contributed by atoms with Crippen molar-refractivity contribution in [3.05, 3.63) is 71.4 Å². The molecular formula is C26H22ClN5O3S. The van der Waals surface area contributed by atoms with E-state index in [0.29, 0.717) is 27.4 Å². The van der Waals surface area contributed by atoms with Crippen LogP contribution in [0, 0.1) is 11.3 Å². The van der Waals surface area contributed by atoms with Gasteiger partial charge in [-0.25, -0.2) is 13.4 Å². The van der Waals surface area contributed by atoms with Crippen molar-refractivity contribution in [1.29, 1.82) is 5.26 Å². The normalized spacial score (nSPS) is 13.3. The van der Waals surface area contributed by atoms with Crippen LogP contribution >= 0.6 is 11.6 Å². The minimum absolute atomic E-state index is 0.151. The number of anilines is 3. The van der Waals surface area contributed by atoms with Crippen molar-refractivity contribution in [1.82, 2.24) is 9.97 Å². The number of ether oxygens (including phenoxy) is 1. The molecule has 5 rings (SSSR count). The number of nitriles is 1. The van der Waals surface area contributed by atoms with E-state index >= 15 is 0 Å². The van der Waals surface area contributed by atoms with Gasteiger partial charge in [0.15, 0.2) is 11.6 Å². The van der Waals surface area contributed by atoms with Crippen molar-refractivity contribution in [3.63, 3.8) is 0 Å². The second-order valence-electron chi connectivity index (χ2n) is 8.67. The molecule has 0 bridgehead atoms. The van der Waals surface area contributed by atoms with E-state index in [-0.39, 0.29) is 11.9 Å². The summed E-state index contributed by atoms with van der Waals surface area (Å²) < 4.78 is 31.0. The summed E-state index contributed by atoms with van der Waals surface area (Å²) >= 11 is 6.46. The molecule has 1 aliphatic rings. The average Bonchev–Trinajstić information content (AvgIpc) is 3.67. The second-order valence-corrected chi connectivity index (χ2v) is 10.8. The first-order valence-electron chi connectivity index (χ1n) is 11.2. The van der Waals surface area contributed by atoms with Crippen LogP contribution in [0.1, 0.15) is 18.4 Å². The third-order valence-electron chi connectivity index (χ3n) is 5.77. The number of sulfonamides is 1. The van der Waals surface area contributed by atoms with Crippen molar-refractivity contribution in [2.75, 3.05) is 22.9 Å². The molecule has 0 saturated heterocycles. The van der Waals surface area contributed by atoms with Crippen LogP contribution < -0.4 is 14.4 Å². The van der Waals surface area contributed by atoms with Crippen LogP contribution in [0.5, 0.6) is 5.75 Å². The maximum Gasteiger partial charge on any atom is 0.231 e. The Morgan fingerprint density at radius 3 is 2.44 bits per heavy atom. The molecule has 0 atom stereocenters. The zero-order chi connectivity index (χ0) is 25.4. The van der Waals surface area contributed by atoms with E-state index in [2.05, 4.69) is 20.8 Å². The molecule has 0 amide bonds. The second kappa shape index (κ2) is 9.30. The summed E-state index contributed by atoms with van der Waals surface area (Å²) in [6.07, 6.45) is 4.59. The lowest BCUT2D eigenvalue weighted by molar-refractivity contribution is 0.302. The summed E-state index contributed by atoms with van der Waals surface area (Å²) in [4.78, 5) is 10.6. The SMILES string of the molecule is CN(c1ccc(-c2ccc3nc(NS(C)(=O)=O)cnc3c2)cc1)c1cc(Cl)c(OC2CC2)c(C#N)c1. The Morgan fingerprint density at radius 1 is 1.06 bits per heavy atom. The summed E-state index contributed by atoms with van der Waals surface area (Å²) in [5.74, 6) is 0.629. The predicted molar refractivity (Wildman–Crippen MR) is 141 cm³/mol. The minimum Gasteiger partial charge on any atom is -0.487 e. The number of halogens is 1. The lowest BCUT2D eigenvalue weighted by Gasteiger charge is -2.21. The van der Waals surface area contributed by atoms with Crippen molar-refractivity contribution < 1.29 is 13.2 Å². The Morgan fingerprint density at radius 2 is 1.78 bits per heavy atom. The van der Waals surface area contributed by atoms with Gasteiger partial charge in [-0.2, -0.15) is 5.26 Å². The van der Waals surface area contributed by atoms with Gasteiger partial charge in [0.1, 0.15) is 6.07 Å². The maximum absolute atomic E-state index is 11.4. The van der Waals surface area contributed by atoms with Gasteiger partial charge in [0.05, 0.1) is 40.2 Å². The Balaban J connectivity index is 1.38. The third-order valence-corrected chi connectivity index (χ3v) is 6.63. The summed E-state index contributed by atoms with van der Waals surface area (Å²) in [5, 5.41) is 10.0. The Labute approximate surface area is 214 Å². The van der Waals surface area contributed by atoms with Crippen LogP contribution in [0.15, 0.2) is 60.8 Å². The van der Waals surface area contributed by atoms with E-state index in [1.165, 1.54) is 6.20 Å². The van der Waals surface area contributed by atoms with Gasteiger partial charge in [-0.15, -0.1) is 0 Å². The first kappa shape index (κ1) is 23.9. The van der Waals surface area contributed by atoms with Crippen molar-refractivity contribution in [2.24, 2.45) is 0 Å². The van der Waals surface area contributed by atoms with Gasteiger partial charge in [0, 0.05) is 18.4 Å². The number of hydrogen-bond donors (Lipinski definition) is 1. The number of nitrogens with one attached hydrogen (secondary N) is 1. The molecule has 0 aliphatic heterocycles. The van der Waals surface area contributed by atoms with Crippen molar-refractivity contribution in [2.45, 2.75) is 18.9 Å². The molecule has 1 fully saturated rings. The molecule has 1 N–H and O–H groups in total. The molecule has 1 saturated carbocycles. The molecule has 182 valence electrons.